The Bertz CT molecular complexity index is 1470. The number of aromatic nitrogens is 1. The number of azide groups is 1. The number of carboxylic acids is 1. The van der Waals surface area contributed by atoms with Crippen LogP contribution in [-0.2, 0) is 33.6 Å². The van der Waals surface area contributed by atoms with Gasteiger partial charge in [-0.05, 0) is 68.3 Å². The molecule has 1 aliphatic heterocycles. The zero-order chi connectivity index (χ0) is 33.5. The van der Waals surface area contributed by atoms with Gasteiger partial charge in [-0.25, -0.2) is 9.78 Å². The number of hydrogen-bond donors (Lipinski definition) is 2. The molecule has 246 valence electrons. The van der Waals surface area contributed by atoms with Gasteiger partial charge in [-0.2, -0.15) is 0 Å². The van der Waals surface area contributed by atoms with Crippen molar-refractivity contribution >= 4 is 17.8 Å². The number of carbonyl (C=O) groups is 3. The highest BCUT2D eigenvalue weighted by Gasteiger charge is 2.40. The molecule has 3 aromatic rings. The van der Waals surface area contributed by atoms with Crippen LogP contribution in [0.4, 0.5) is 4.79 Å². The number of carboxylic acid groups (broad SMARTS) is 1. The lowest BCUT2D eigenvalue weighted by Gasteiger charge is -2.16. The second kappa shape index (κ2) is 18.2. The van der Waals surface area contributed by atoms with Crippen molar-refractivity contribution in [3.8, 4) is 5.75 Å². The number of aryl methyl sites for hydroxylation is 1. The molecule has 2 aromatic carbocycles. The number of likely N-dealkylation sites (tertiary alicyclic amines) is 1. The lowest BCUT2D eigenvalue weighted by atomic mass is 9.90. The van der Waals surface area contributed by atoms with Gasteiger partial charge in [0.05, 0.1) is 30.9 Å². The van der Waals surface area contributed by atoms with Gasteiger partial charge in [-0.1, -0.05) is 47.6 Å². The number of hydrogen-bond acceptors (Lipinski definition) is 9. The van der Waals surface area contributed by atoms with Crippen molar-refractivity contribution in [3.05, 3.63) is 93.5 Å². The summed E-state index contributed by atoms with van der Waals surface area (Å²) < 4.78 is 16.8. The first kappa shape index (κ1) is 35.6. The van der Waals surface area contributed by atoms with Crippen LogP contribution in [0.5, 0.6) is 5.75 Å². The Morgan fingerprint density at radius 3 is 2.46 bits per heavy atom. The zero-order valence-corrected chi connectivity index (χ0v) is 26.4. The van der Waals surface area contributed by atoms with Gasteiger partial charge in [0.25, 0.3) is 0 Å². The highest BCUT2D eigenvalue weighted by atomic mass is 16.6. The second-order valence-electron chi connectivity index (χ2n) is 10.9. The number of nitrogens with zero attached hydrogens (tertiary/aromatic N) is 5. The zero-order valence-electron chi connectivity index (χ0n) is 26.4. The highest BCUT2D eigenvalue weighted by Crippen LogP contribution is 2.28. The van der Waals surface area contributed by atoms with Crippen LogP contribution in [0.25, 0.3) is 10.4 Å². The number of benzene rings is 2. The molecule has 1 aliphatic rings. The minimum Gasteiger partial charge on any atom is -0.493 e. The van der Waals surface area contributed by atoms with E-state index in [2.05, 4.69) is 27.1 Å². The average molecular weight is 636 g/mol. The van der Waals surface area contributed by atoms with E-state index in [-0.39, 0.29) is 37.9 Å². The quantitative estimate of drug-likeness (QED) is 0.137. The SMILES string of the molecule is CC(=O)C(CCO)N=[N+]=[N-].CCOC(=O)N1C[C@@H](Cc2ccc(OCCc3nc(Cc4ccccc4)oc3C)cc2)[C@@H](C(=O)O)C1. The number of aliphatic hydroxyl groups is 1. The lowest BCUT2D eigenvalue weighted by Crippen LogP contribution is -2.30. The molecule has 0 aliphatic carbocycles. The number of amides is 1. The molecule has 1 fully saturated rings. The summed E-state index contributed by atoms with van der Waals surface area (Å²) in [7, 11) is 0. The Hall–Kier alpha value is -4.87. The fourth-order valence-corrected chi connectivity index (χ4v) is 5.10. The molecule has 1 unspecified atom stereocenters. The maximum Gasteiger partial charge on any atom is 0.409 e. The average Bonchev–Trinajstić information content (AvgIpc) is 3.61. The Morgan fingerprint density at radius 1 is 1.13 bits per heavy atom. The molecule has 2 N–H and O–H groups in total. The predicted octanol–water partition coefficient (Wildman–Crippen LogP) is 5.16. The van der Waals surface area contributed by atoms with E-state index in [1.165, 1.54) is 11.8 Å². The van der Waals surface area contributed by atoms with Gasteiger partial charge in [0.2, 0.25) is 0 Å². The van der Waals surface area contributed by atoms with E-state index in [1.54, 1.807) is 6.92 Å². The molecule has 13 heteroatoms. The molecule has 0 spiro atoms. The molecule has 0 bridgehead atoms. The van der Waals surface area contributed by atoms with Crippen LogP contribution in [-0.4, -0.2) is 76.9 Å². The standard InChI is InChI=1S/C28H32N2O6.C5H9N3O2/c1-3-34-28(33)30-17-22(24(18-30)27(31)32)15-21-9-11-23(12-10-21)35-14-13-25-19(2)36-26(29-25)16-20-7-5-4-6-8-20;1-4(10)5(2-3-9)7-8-6/h4-12,22,24H,3,13-18H2,1-2H3,(H,31,32);5,9H,2-3H2,1H3/t22-,24+;/m1./s1. The van der Waals surface area contributed by atoms with Crippen LogP contribution in [0.3, 0.4) is 0 Å². The summed E-state index contributed by atoms with van der Waals surface area (Å²) in [6.07, 6.45) is 1.61. The molecule has 4 rings (SSSR count). The molecule has 2 heterocycles. The van der Waals surface area contributed by atoms with Crippen molar-refractivity contribution in [1.29, 1.82) is 0 Å². The monoisotopic (exact) mass is 635 g/mol. The molecule has 1 aromatic heterocycles. The predicted molar refractivity (Wildman–Crippen MR) is 168 cm³/mol. The number of ketones is 1. The van der Waals surface area contributed by atoms with E-state index in [0.29, 0.717) is 38.3 Å². The molecule has 3 atom stereocenters. The van der Waals surface area contributed by atoms with Gasteiger partial charge >= 0.3 is 12.1 Å². The Morgan fingerprint density at radius 2 is 1.85 bits per heavy atom. The number of ether oxygens (including phenoxy) is 2. The van der Waals surface area contributed by atoms with Gasteiger partial charge < -0.3 is 29.0 Å². The number of aliphatic carboxylic acids is 1. The lowest BCUT2D eigenvalue weighted by molar-refractivity contribution is -0.142. The summed E-state index contributed by atoms with van der Waals surface area (Å²) >= 11 is 0. The largest absolute Gasteiger partial charge is 0.493 e. The topological polar surface area (TPSA) is 188 Å². The minimum atomic E-state index is -0.887. The van der Waals surface area contributed by atoms with E-state index < -0.39 is 24.0 Å². The number of carbonyl (C=O) groups excluding carboxylic acids is 2. The third-order valence-electron chi connectivity index (χ3n) is 7.51. The first-order valence-electron chi connectivity index (χ1n) is 15.2. The maximum absolute atomic E-state index is 12.0. The van der Waals surface area contributed by atoms with Crippen molar-refractivity contribution in [2.24, 2.45) is 17.0 Å². The van der Waals surface area contributed by atoms with Crippen molar-refractivity contribution in [3.63, 3.8) is 0 Å². The molecule has 0 radical (unpaired) electrons. The Kier molecular flexibility index (Phi) is 14.1. The van der Waals surface area contributed by atoms with Crippen LogP contribution >= 0.6 is 0 Å². The third-order valence-corrected chi connectivity index (χ3v) is 7.51. The smallest absolute Gasteiger partial charge is 0.409 e. The molecule has 1 saturated heterocycles. The third kappa shape index (κ3) is 10.9. The molecule has 1 amide bonds. The van der Waals surface area contributed by atoms with Crippen molar-refractivity contribution in [2.75, 3.05) is 32.9 Å². The van der Waals surface area contributed by atoms with Gasteiger partial charge in [0, 0.05) is 37.4 Å². The number of rotatable bonds is 14. The van der Waals surface area contributed by atoms with Crippen LogP contribution in [0, 0.1) is 18.8 Å². The first-order chi connectivity index (χ1) is 22.1. The molecule has 0 saturated carbocycles. The molecule has 46 heavy (non-hydrogen) atoms. The summed E-state index contributed by atoms with van der Waals surface area (Å²) in [5, 5.41) is 21.2. The summed E-state index contributed by atoms with van der Waals surface area (Å²) in [4.78, 5) is 42.9. The Balaban J connectivity index is 0.000000498. The van der Waals surface area contributed by atoms with E-state index >= 15 is 0 Å². The normalized spacial score (nSPS) is 16.0. The summed E-state index contributed by atoms with van der Waals surface area (Å²) in [5.41, 5.74) is 11.0. The van der Waals surface area contributed by atoms with Crippen LogP contribution in [0.15, 0.2) is 64.1 Å². The summed E-state index contributed by atoms with van der Waals surface area (Å²) in [6.45, 7) is 6.13. The van der Waals surface area contributed by atoms with Gasteiger partial charge in [0.1, 0.15) is 17.3 Å². The van der Waals surface area contributed by atoms with E-state index in [1.807, 2.05) is 49.4 Å². The van der Waals surface area contributed by atoms with E-state index in [0.717, 1.165) is 28.3 Å². The molecular weight excluding hydrogens is 594 g/mol. The van der Waals surface area contributed by atoms with Gasteiger partial charge in [-0.15, -0.1) is 0 Å². The minimum absolute atomic E-state index is 0.136. The van der Waals surface area contributed by atoms with Crippen molar-refractivity contribution < 1.29 is 38.5 Å². The number of Topliss-reactive ketones (excluding diaryl/α,β-unsaturated/α-hetero) is 1. The van der Waals surface area contributed by atoms with Crippen LogP contribution in [0.1, 0.15) is 48.7 Å². The second-order valence-corrected chi connectivity index (χ2v) is 10.9. The highest BCUT2D eigenvalue weighted by molar-refractivity contribution is 5.81. The maximum atomic E-state index is 12.0. The first-order valence-corrected chi connectivity index (χ1v) is 15.2. The Labute approximate surface area is 267 Å². The molecular formula is C33H41N5O8. The van der Waals surface area contributed by atoms with Gasteiger partial charge in [0.15, 0.2) is 5.89 Å². The van der Waals surface area contributed by atoms with E-state index in [9.17, 15) is 19.5 Å². The molecule has 13 nitrogen and oxygen atoms in total. The van der Waals surface area contributed by atoms with E-state index in [4.69, 9.17) is 24.5 Å². The van der Waals surface area contributed by atoms with Crippen LogP contribution in [0.2, 0.25) is 0 Å². The van der Waals surface area contributed by atoms with Crippen molar-refractivity contribution in [2.45, 2.75) is 52.5 Å². The summed E-state index contributed by atoms with van der Waals surface area (Å²) in [5.74, 6) is 0.363. The van der Waals surface area contributed by atoms with Gasteiger partial charge in [-0.3, -0.25) is 9.59 Å². The fourth-order valence-electron chi connectivity index (χ4n) is 5.10. The number of aliphatic hydroxyl groups excluding tert-OH is 1. The number of oxazole rings is 1. The van der Waals surface area contributed by atoms with Crippen LogP contribution < -0.4 is 4.74 Å². The van der Waals surface area contributed by atoms with Crippen molar-refractivity contribution in [1.82, 2.24) is 9.88 Å². The fraction of sp³-hybridized carbons (Fsp3) is 0.455. The summed E-state index contributed by atoms with van der Waals surface area (Å²) in [6, 6.07) is 17.1.